The van der Waals surface area contributed by atoms with Crippen LogP contribution in [0.5, 0.6) is 0 Å². The fourth-order valence-electron chi connectivity index (χ4n) is 1.93. The molecule has 2 N–H and O–H groups in total. The monoisotopic (exact) mass is 377 g/mol. The van der Waals surface area contributed by atoms with Crippen molar-refractivity contribution >= 4 is 38.5 Å². The highest BCUT2D eigenvalue weighted by atomic mass is 127. The topological polar surface area (TPSA) is 26.0 Å². The number of halogens is 2. The van der Waals surface area contributed by atoms with Crippen LogP contribution in [0.15, 0.2) is 34.3 Å². The third-order valence-electron chi connectivity index (χ3n) is 2.77. The summed E-state index contributed by atoms with van der Waals surface area (Å²) in [6.07, 6.45) is 5.90. The molecule has 1 nitrogen and oxygen atoms in total. The Balaban J connectivity index is 2.31. The van der Waals surface area contributed by atoms with E-state index in [1.165, 1.54) is 27.5 Å². The second kappa shape index (κ2) is 4.97. The van der Waals surface area contributed by atoms with Gasteiger partial charge in [0.25, 0.3) is 0 Å². The van der Waals surface area contributed by atoms with Gasteiger partial charge in [-0.15, -0.1) is 0 Å². The van der Waals surface area contributed by atoms with Gasteiger partial charge >= 0.3 is 0 Å². The molecule has 0 spiro atoms. The molecule has 0 radical (unpaired) electrons. The van der Waals surface area contributed by atoms with Crippen molar-refractivity contribution in [2.45, 2.75) is 25.3 Å². The molecule has 1 aromatic carbocycles. The molecule has 1 atom stereocenters. The van der Waals surface area contributed by atoms with Crippen molar-refractivity contribution < 1.29 is 0 Å². The maximum atomic E-state index is 6.28. The van der Waals surface area contributed by atoms with E-state index in [9.17, 15) is 0 Å². The molecule has 3 heteroatoms. The maximum Gasteiger partial charge on any atom is 0.0521 e. The van der Waals surface area contributed by atoms with E-state index >= 15 is 0 Å². The third kappa shape index (κ3) is 2.63. The van der Waals surface area contributed by atoms with Crippen LogP contribution in [0.1, 0.15) is 30.9 Å². The van der Waals surface area contributed by atoms with Crippen LogP contribution in [0.2, 0.25) is 0 Å². The molecular formula is C12H13BrIN. The van der Waals surface area contributed by atoms with Crippen molar-refractivity contribution in [1.82, 2.24) is 0 Å². The van der Waals surface area contributed by atoms with E-state index in [0.717, 1.165) is 10.9 Å². The number of nitrogens with two attached hydrogens (primary N) is 1. The highest BCUT2D eigenvalue weighted by Crippen LogP contribution is 2.32. The van der Waals surface area contributed by atoms with Crippen molar-refractivity contribution in [2.75, 3.05) is 0 Å². The Morgan fingerprint density at radius 3 is 2.87 bits per heavy atom. The van der Waals surface area contributed by atoms with Gasteiger partial charge in [0.15, 0.2) is 0 Å². The van der Waals surface area contributed by atoms with Gasteiger partial charge in [0, 0.05) is 8.04 Å². The lowest BCUT2D eigenvalue weighted by molar-refractivity contribution is 0.781. The van der Waals surface area contributed by atoms with Crippen molar-refractivity contribution in [3.63, 3.8) is 0 Å². The number of hydrogen-bond acceptors (Lipinski definition) is 1. The molecule has 1 unspecified atom stereocenters. The predicted molar refractivity (Wildman–Crippen MR) is 75.7 cm³/mol. The normalized spacial score (nSPS) is 17.7. The molecule has 0 fully saturated rings. The van der Waals surface area contributed by atoms with Gasteiger partial charge in [-0.3, -0.25) is 0 Å². The molecule has 1 aliphatic carbocycles. The Labute approximate surface area is 112 Å². The minimum Gasteiger partial charge on any atom is -0.321 e. The Hall–Kier alpha value is 0.130. The standard InChI is InChI=1S/C12H13BrIN/c13-9-5-6-11(14)10(7-9)12(15)8-3-1-2-4-8/h3,5-7,12H,1-2,4,15H2. The first-order chi connectivity index (χ1) is 7.18. The molecular weight excluding hydrogens is 365 g/mol. The largest absolute Gasteiger partial charge is 0.321 e. The molecule has 1 aliphatic rings. The first-order valence-electron chi connectivity index (χ1n) is 5.08. The molecule has 0 saturated heterocycles. The molecule has 15 heavy (non-hydrogen) atoms. The van der Waals surface area contributed by atoms with Gasteiger partial charge in [0.2, 0.25) is 0 Å². The minimum absolute atomic E-state index is 0.0805. The Bertz CT molecular complexity index is 401. The van der Waals surface area contributed by atoms with E-state index in [4.69, 9.17) is 5.73 Å². The maximum absolute atomic E-state index is 6.28. The van der Waals surface area contributed by atoms with E-state index in [0.29, 0.717) is 0 Å². The number of hydrogen-bond donors (Lipinski definition) is 1. The van der Waals surface area contributed by atoms with Crippen molar-refractivity contribution in [3.05, 3.63) is 43.5 Å². The number of benzene rings is 1. The number of rotatable bonds is 2. The van der Waals surface area contributed by atoms with Crippen LogP contribution in [0.3, 0.4) is 0 Å². The van der Waals surface area contributed by atoms with Crippen LogP contribution < -0.4 is 5.73 Å². The first-order valence-corrected chi connectivity index (χ1v) is 6.95. The first kappa shape index (κ1) is 11.6. The zero-order valence-corrected chi connectivity index (χ0v) is 12.1. The summed E-state index contributed by atoms with van der Waals surface area (Å²) in [5, 5.41) is 0. The summed E-state index contributed by atoms with van der Waals surface area (Å²) < 4.78 is 2.35. The van der Waals surface area contributed by atoms with Crippen LogP contribution in [-0.4, -0.2) is 0 Å². The fourth-order valence-corrected chi connectivity index (χ4v) is 2.98. The smallest absolute Gasteiger partial charge is 0.0521 e. The lowest BCUT2D eigenvalue weighted by Gasteiger charge is -2.15. The molecule has 0 amide bonds. The zero-order chi connectivity index (χ0) is 10.8. The highest BCUT2D eigenvalue weighted by molar-refractivity contribution is 14.1. The van der Waals surface area contributed by atoms with Gasteiger partial charge in [-0.2, -0.15) is 0 Å². The molecule has 0 saturated carbocycles. The summed E-state index contributed by atoms with van der Waals surface area (Å²) >= 11 is 5.85. The quantitative estimate of drug-likeness (QED) is 0.607. The summed E-state index contributed by atoms with van der Waals surface area (Å²) in [4.78, 5) is 0. The number of allylic oxidation sites excluding steroid dienone is 1. The van der Waals surface area contributed by atoms with E-state index < -0.39 is 0 Å². The van der Waals surface area contributed by atoms with Crippen LogP contribution in [0.4, 0.5) is 0 Å². The van der Waals surface area contributed by atoms with Gasteiger partial charge in [-0.25, -0.2) is 0 Å². The molecule has 1 aromatic rings. The van der Waals surface area contributed by atoms with Crippen LogP contribution in [0.25, 0.3) is 0 Å². The SMILES string of the molecule is NC(C1=CCCC1)c1cc(Br)ccc1I. The van der Waals surface area contributed by atoms with E-state index in [1.807, 2.05) is 0 Å². The Morgan fingerprint density at radius 1 is 1.40 bits per heavy atom. The van der Waals surface area contributed by atoms with Gasteiger partial charge < -0.3 is 5.73 Å². The summed E-state index contributed by atoms with van der Waals surface area (Å²) in [5.74, 6) is 0. The lowest BCUT2D eigenvalue weighted by atomic mass is 9.99. The summed E-state index contributed by atoms with van der Waals surface area (Å²) in [7, 11) is 0. The van der Waals surface area contributed by atoms with E-state index in [-0.39, 0.29) is 6.04 Å². The molecule has 0 heterocycles. The van der Waals surface area contributed by atoms with Gasteiger partial charge in [-0.1, -0.05) is 27.6 Å². The molecule has 80 valence electrons. The van der Waals surface area contributed by atoms with Crippen molar-refractivity contribution in [1.29, 1.82) is 0 Å². The Kier molecular flexibility index (Phi) is 3.85. The molecule has 0 bridgehead atoms. The van der Waals surface area contributed by atoms with E-state index in [1.54, 1.807) is 0 Å². The van der Waals surface area contributed by atoms with E-state index in [2.05, 4.69) is 62.8 Å². The van der Waals surface area contributed by atoms with Gasteiger partial charge in [0.1, 0.15) is 0 Å². The second-order valence-electron chi connectivity index (χ2n) is 3.81. The van der Waals surface area contributed by atoms with Crippen molar-refractivity contribution in [2.24, 2.45) is 5.73 Å². The van der Waals surface area contributed by atoms with Gasteiger partial charge in [0.05, 0.1) is 6.04 Å². The predicted octanol–water partition coefficient (Wildman–Crippen LogP) is 4.16. The van der Waals surface area contributed by atoms with Gasteiger partial charge in [-0.05, 0) is 65.6 Å². The summed E-state index contributed by atoms with van der Waals surface area (Å²) in [5.41, 5.74) is 8.90. The van der Waals surface area contributed by atoms with Crippen LogP contribution >= 0.6 is 38.5 Å². The minimum atomic E-state index is 0.0805. The Morgan fingerprint density at radius 2 is 2.20 bits per heavy atom. The molecule has 2 rings (SSSR count). The average Bonchev–Trinajstić information content (AvgIpc) is 2.74. The summed E-state index contributed by atoms with van der Waals surface area (Å²) in [6, 6.07) is 6.37. The lowest BCUT2D eigenvalue weighted by Crippen LogP contribution is -2.13. The molecule has 0 aliphatic heterocycles. The third-order valence-corrected chi connectivity index (χ3v) is 4.24. The van der Waals surface area contributed by atoms with Crippen molar-refractivity contribution in [3.8, 4) is 0 Å². The van der Waals surface area contributed by atoms with Crippen LogP contribution in [-0.2, 0) is 0 Å². The van der Waals surface area contributed by atoms with Crippen LogP contribution in [0, 0.1) is 3.57 Å². The summed E-state index contributed by atoms with van der Waals surface area (Å²) in [6.45, 7) is 0. The average molecular weight is 378 g/mol. The second-order valence-corrected chi connectivity index (χ2v) is 5.89. The zero-order valence-electron chi connectivity index (χ0n) is 8.34. The highest BCUT2D eigenvalue weighted by Gasteiger charge is 2.17. The fraction of sp³-hybridized carbons (Fsp3) is 0.333. The molecule has 0 aromatic heterocycles.